The highest BCUT2D eigenvalue weighted by molar-refractivity contribution is 5.90. The molecule has 0 radical (unpaired) electrons. The first-order valence-corrected chi connectivity index (χ1v) is 7.07. The second kappa shape index (κ2) is 6.78. The standard InChI is InChI=1S/C16H14N4O4/c1-23-15-6-4-11(9-17-15)18-14(21)10-20-16(22)7-5-12(19-20)13-3-2-8-24-13/h2-9H,10H2,1H3,(H,18,21). The topological polar surface area (TPSA) is 99.2 Å². The van der Waals surface area contributed by atoms with Crippen molar-refractivity contribution in [2.75, 3.05) is 12.4 Å². The van der Waals surface area contributed by atoms with Gasteiger partial charge in [0.15, 0.2) is 5.76 Å². The van der Waals surface area contributed by atoms with E-state index in [4.69, 9.17) is 9.15 Å². The van der Waals surface area contributed by atoms with Crippen molar-refractivity contribution in [3.8, 4) is 17.3 Å². The van der Waals surface area contributed by atoms with Gasteiger partial charge in [-0.15, -0.1) is 0 Å². The molecule has 0 aliphatic rings. The summed E-state index contributed by atoms with van der Waals surface area (Å²) in [7, 11) is 1.50. The number of carbonyl (C=O) groups is 1. The summed E-state index contributed by atoms with van der Waals surface area (Å²) in [5.74, 6) is 0.564. The van der Waals surface area contributed by atoms with Crippen LogP contribution in [-0.4, -0.2) is 27.8 Å². The molecule has 3 rings (SSSR count). The molecule has 0 aromatic carbocycles. The lowest BCUT2D eigenvalue weighted by Crippen LogP contribution is -2.29. The maximum absolute atomic E-state index is 12.1. The number of carbonyl (C=O) groups excluding carboxylic acids is 1. The predicted molar refractivity (Wildman–Crippen MR) is 85.6 cm³/mol. The Labute approximate surface area is 136 Å². The molecule has 0 aliphatic carbocycles. The van der Waals surface area contributed by atoms with Crippen molar-refractivity contribution in [3.05, 3.63) is 59.2 Å². The minimum atomic E-state index is -0.395. The average Bonchev–Trinajstić information content (AvgIpc) is 3.12. The number of rotatable bonds is 5. The zero-order chi connectivity index (χ0) is 16.9. The number of nitrogens with one attached hydrogen (secondary N) is 1. The molecule has 0 saturated heterocycles. The summed E-state index contributed by atoms with van der Waals surface area (Å²) in [4.78, 5) is 28.0. The van der Waals surface area contributed by atoms with Gasteiger partial charge in [-0.3, -0.25) is 9.59 Å². The minimum absolute atomic E-state index is 0.223. The first kappa shape index (κ1) is 15.5. The molecule has 3 aromatic rings. The number of anilines is 1. The van der Waals surface area contributed by atoms with Gasteiger partial charge in [-0.05, 0) is 24.3 Å². The Morgan fingerprint density at radius 1 is 1.29 bits per heavy atom. The molecule has 0 bridgehead atoms. The van der Waals surface area contributed by atoms with Gasteiger partial charge in [0.1, 0.15) is 12.2 Å². The zero-order valence-electron chi connectivity index (χ0n) is 12.8. The molecule has 3 heterocycles. The normalized spacial score (nSPS) is 10.4. The number of hydrogen-bond donors (Lipinski definition) is 1. The number of aromatic nitrogens is 3. The molecule has 0 fully saturated rings. The van der Waals surface area contributed by atoms with Gasteiger partial charge in [0.05, 0.1) is 25.3 Å². The van der Waals surface area contributed by atoms with Crippen molar-refractivity contribution >= 4 is 11.6 Å². The predicted octanol–water partition coefficient (Wildman–Crippen LogP) is 1.55. The van der Waals surface area contributed by atoms with E-state index in [1.807, 2.05) is 0 Å². The molecule has 0 spiro atoms. The molecule has 1 N–H and O–H groups in total. The third-order valence-electron chi connectivity index (χ3n) is 3.16. The first-order chi connectivity index (χ1) is 11.7. The SMILES string of the molecule is COc1ccc(NC(=O)Cn2nc(-c3ccco3)ccc2=O)cn1. The van der Waals surface area contributed by atoms with Crippen LogP contribution in [0.4, 0.5) is 5.69 Å². The summed E-state index contributed by atoms with van der Waals surface area (Å²) in [5.41, 5.74) is 0.586. The Morgan fingerprint density at radius 2 is 2.17 bits per heavy atom. The molecule has 3 aromatic heterocycles. The van der Waals surface area contributed by atoms with E-state index < -0.39 is 5.91 Å². The van der Waals surface area contributed by atoms with Gasteiger partial charge in [0, 0.05) is 12.1 Å². The molecule has 0 aliphatic heterocycles. The van der Waals surface area contributed by atoms with Crippen LogP contribution in [0.25, 0.3) is 11.5 Å². The second-order valence-corrected chi connectivity index (χ2v) is 4.83. The molecule has 0 saturated carbocycles. The fourth-order valence-corrected chi connectivity index (χ4v) is 2.03. The Hall–Kier alpha value is -3.42. The van der Waals surface area contributed by atoms with Crippen LogP contribution in [0.1, 0.15) is 0 Å². The van der Waals surface area contributed by atoms with E-state index in [0.29, 0.717) is 23.0 Å². The monoisotopic (exact) mass is 326 g/mol. The Balaban J connectivity index is 1.73. The molecule has 0 unspecified atom stereocenters. The van der Waals surface area contributed by atoms with Crippen molar-refractivity contribution in [3.63, 3.8) is 0 Å². The molecule has 24 heavy (non-hydrogen) atoms. The molecule has 8 nitrogen and oxygen atoms in total. The zero-order valence-corrected chi connectivity index (χ0v) is 12.8. The number of methoxy groups -OCH3 is 1. The second-order valence-electron chi connectivity index (χ2n) is 4.83. The molecule has 1 amide bonds. The van der Waals surface area contributed by atoms with Gasteiger partial charge in [-0.1, -0.05) is 0 Å². The lowest BCUT2D eigenvalue weighted by atomic mass is 10.3. The van der Waals surface area contributed by atoms with Gasteiger partial charge >= 0.3 is 0 Å². The third-order valence-corrected chi connectivity index (χ3v) is 3.16. The van der Waals surface area contributed by atoms with Crippen LogP contribution in [0.5, 0.6) is 5.88 Å². The van der Waals surface area contributed by atoms with E-state index in [1.165, 1.54) is 25.6 Å². The van der Waals surface area contributed by atoms with Gasteiger partial charge in [0.25, 0.3) is 5.56 Å². The molecule has 0 atom stereocenters. The molecule has 8 heteroatoms. The van der Waals surface area contributed by atoms with Crippen LogP contribution in [0.3, 0.4) is 0 Å². The van der Waals surface area contributed by atoms with Crippen LogP contribution >= 0.6 is 0 Å². The third kappa shape index (κ3) is 3.49. The van der Waals surface area contributed by atoms with Gasteiger partial charge in [-0.25, -0.2) is 9.67 Å². The molecule has 122 valence electrons. The molecular formula is C16H14N4O4. The van der Waals surface area contributed by atoms with Crippen LogP contribution in [0.2, 0.25) is 0 Å². The number of amides is 1. The summed E-state index contributed by atoms with van der Waals surface area (Å²) in [5, 5.41) is 6.78. The van der Waals surface area contributed by atoms with Crippen molar-refractivity contribution in [2.24, 2.45) is 0 Å². The van der Waals surface area contributed by atoms with E-state index in [2.05, 4.69) is 15.4 Å². The van der Waals surface area contributed by atoms with Crippen LogP contribution < -0.4 is 15.6 Å². The smallest absolute Gasteiger partial charge is 0.267 e. The van der Waals surface area contributed by atoms with E-state index in [-0.39, 0.29) is 12.1 Å². The van der Waals surface area contributed by atoms with Crippen molar-refractivity contribution in [1.82, 2.24) is 14.8 Å². The summed E-state index contributed by atoms with van der Waals surface area (Å²) < 4.78 is 11.3. The van der Waals surface area contributed by atoms with E-state index in [0.717, 1.165) is 4.68 Å². The van der Waals surface area contributed by atoms with Crippen molar-refractivity contribution < 1.29 is 13.9 Å². The van der Waals surface area contributed by atoms with Crippen LogP contribution in [0.15, 0.2) is 58.1 Å². The Bertz CT molecular complexity index is 885. The lowest BCUT2D eigenvalue weighted by Gasteiger charge is -2.07. The number of pyridine rings is 1. The average molecular weight is 326 g/mol. The lowest BCUT2D eigenvalue weighted by molar-refractivity contribution is -0.117. The first-order valence-electron chi connectivity index (χ1n) is 7.07. The largest absolute Gasteiger partial charge is 0.481 e. The van der Waals surface area contributed by atoms with Crippen LogP contribution in [-0.2, 0) is 11.3 Å². The highest BCUT2D eigenvalue weighted by Gasteiger charge is 2.10. The summed E-state index contributed by atoms with van der Waals surface area (Å²) in [6, 6.07) is 9.60. The maximum atomic E-state index is 12.1. The van der Waals surface area contributed by atoms with E-state index in [1.54, 1.807) is 30.3 Å². The van der Waals surface area contributed by atoms with E-state index >= 15 is 0 Å². The summed E-state index contributed by atoms with van der Waals surface area (Å²) in [6.45, 7) is -0.223. The number of furan rings is 1. The van der Waals surface area contributed by atoms with Crippen LogP contribution in [0, 0.1) is 0 Å². The number of hydrogen-bond acceptors (Lipinski definition) is 6. The maximum Gasteiger partial charge on any atom is 0.267 e. The van der Waals surface area contributed by atoms with Gasteiger partial charge in [-0.2, -0.15) is 5.10 Å². The van der Waals surface area contributed by atoms with E-state index in [9.17, 15) is 9.59 Å². The van der Waals surface area contributed by atoms with Crippen molar-refractivity contribution in [2.45, 2.75) is 6.54 Å². The number of nitrogens with zero attached hydrogens (tertiary/aromatic N) is 3. The fraction of sp³-hybridized carbons (Fsp3) is 0.125. The Kier molecular flexibility index (Phi) is 4.37. The number of ether oxygens (including phenoxy) is 1. The minimum Gasteiger partial charge on any atom is -0.481 e. The van der Waals surface area contributed by atoms with Gasteiger partial charge < -0.3 is 14.5 Å². The highest BCUT2D eigenvalue weighted by atomic mass is 16.5. The fourth-order valence-electron chi connectivity index (χ4n) is 2.03. The Morgan fingerprint density at radius 3 is 2.83 bits per heavy atom. The van der Waals surface area contributed by atoms with Gasteiger partial charge in [0.2, 0.25) is 11.8 Å². The summed E-state index contributed by atoms with van der Waals surface area (Å²) in [6.07, 6.45) is 2.97. The molecular weight excluding hydrogens is 312 g/mol. The quantitative estimate of drug-likeness (QED) is 0.763. The highest BCUT2D eigenvalue weighted by Crippen LogP contribution is 2.15. The van der Waals surface area contributed by atoms with Crippen molar-refractivity contribution in [1.29, 1.82) is 0 Å². The summed E-state index contributed by atoms with van der Waals surface area (Å²) >= 11 is 0.